The number of imidazole rings is 1. The number of ether oxygens (including phenoxy) is 1. The number of nitrogens with zero attached hydrogens (tertiary/aromatic N) is 1. The normalized spacial score (nSPS) is 12.2. The van der Waals surface area contributed by atoms with Crippen molar-refractivity contribution in [3.05, 3.63) is 18.2 Å². The SMILES string of the molecule is COC(=O)NC(C(=O)Cc1ncc[nH]1)C(C)C. The van der Waals surface area contributed by atoms with E-state index in [1.54, 1.807) is 12.4 Å². The average molecular weight is 239 g/mol. The van der Waals surface area contributed by atoms with Gasteiger partial charge in [-0.3, -0.25) is 4.79 Å². The second-order valence-electron chi connectivity index (χ2n) is 4.04. The summed E-state index contributed by atoms with van der Waals surface area (Å²) < 4.78 is 4.49. The highest BCUT2D eigenvalue weighted by Gasteiger charge is 2.24. The number of amides is 1. The Morgan fingerprint density at radius 1 is 1.53 bits per heavy atom. The minimum atomic E-state index is -0.600. The van der Waals surface area contributed by atoms with E-state index in [2.05, 4.69) is 20.0 Å². The first-order chi connectivity index (χ1) is 8.04. The number of aromatic amines is 1. The first kappa shape index (κ1) is 13.2. The number of nitrogens with one attached hydrogen (secondary N) is 2. The first-order valence-corrected chi connectivity index (χ1v) is 5.40. The Kier molecular flexibility index (Phi) is 4.68. The summed E-state index contributed by atoms with van der Waals surface area (Å²) in [5.41, 5.74) is 0. The van der Waals surface area contributed by atoms with Crippen molar-refractivity contribution in [1.29, 1.82) is 0 Å². The van der Waals surface area contributed by atoms with Crippen molar-refractivity contribution in [2.24, 2.45) is 5.92 Å². The number of methoxy groups -OCH3 is 1. The molecule has 0 bridgehead atoms. The molecule has 17 heavy (non-hydrogen) atoms. The smallest absolute Gasteiger partial charge is 0.407 e. The molecule has 1 heterocycles. The van der Waals surface area contributed by atoms with E-state index in [9.17, 15) is 9.59 Å². The van der Waals surface area contributed by atoms with Crippen molar-refractivity contribution in [3.8, 4) is 0 Å². The van der Waals surface area contributed by atoms with Crippen LogP contribution in [0.25, 0.3) is 0 Å². The molecule has 0 radical (unpaired) electrons. The fraction of sp³-hybridized carbons (Fsp3) is 0.545. The third kappa shape index (κ3) is 3.90. The van der Waals surface area contributed by atoms with Gasteiger partial charge in [0, 0.05) is 12.4 Å². The summed E-state index contributed by atoms with van der Waals surface area (Å²) in [5, 5.41) is 2.53. The summed E-state index contributed by atoms with van der Waals surface area (Å²) in [6.07, 6.45) is 2.80. The van der Waals surface area contributed by atoms with Crippen LogP contribution in [0, 0.1) is 5.92 Å². The van der Waals surface area contributed by atoms with Crippen molar-refractivity contribution < 1.29 is 14.3 Å². The predicted octanol–water partition coefficient (Wildman–Crippen LogP) is 0.902. The largest absolute Gasteiger partial charge is 0.453 e. The van der Waals surface area contributed by atoms with Crippen LogP contribution in [0.3, 0.4) is 0 Å². The van der Waals surface area contributed by atoms with Gasteiger partial charge in [0.1, 0.15) is 5.82 Å². The van der Waals surface area contributed by atoms with E-state index in [1.807, 2.05) is 13.8 Å². The van der Waals surface area contributed by atoms with E-state index < -0.39 is 12.1 Å². The maximum Gasteiger partial charge on any atom is 0.407 e. The second kappa shape index (κ2) is 6.03. The number of alkyl carbamates (subject to hydrolysis) is 1. The molecule has 2 N–H and O–H groups in total. The molecule has 0 saturated carbocycles. The Balaban J connectivity index is 2.64. The van der Waals surface area contributed by atoms with E-state index in [0.29, 0.717) is 5.82 Å². The number of carbonyl (C=O) groups excluding carboxylic acids is 2. The summed E-state index contributed by atoms with van der Waals surface area (Å²) in [7, 11) is 1.27. The maximum absolute atomic E-state index is 12.0. The Bertz CT molecular complexity index is 373. The van der Waals surface area contributed by atoms with Crippen molar-refractivity contribution in [2.75, 3.05) is 7.11 Å². The topological polar surface area (TPSA) is 84.1 Å². The lowest BCUT2D eigenvalue weighted by Crippen LogP contribution is -2.45. The molecular weight excluding hydrogens is 222 g/mol. The van der Waals surface area contributed by atoms with Gasteiger partial charge < -0.3 is 15.0 Å². The molecule has 0 aromatic carbocycles. The predicted molar refractivity (Wildman–Crippen MR) is 61.5 cm³/mol. The molecule has 1 aromatic rings. The molecule has 0 aliphatic rings. The molecule has 1 unspecified atom stereocenters. The number of H-pyrrole nitrogens is 1. The van der Waals surface area contributed by atoms with Crippen molar-refractivity contribution >= 4 is 11.9 Å². The Morgan fingerprint density at radius 3 is 2.71 bits per heavy atom. The first-order valence-electron chi connectivity index (χ1n) is 5.40. The van der Waals surface area contributed by atoms with E-state index in [-0.39, 0.29) is 18.1 Å². The Morgan fingerprint density at radius 2 is 2.24 bits per heavy atom. The zero-order valence-corrected chi connectivity index (χ0v) is 10.2. The number of rotatable bonds is 5. The van der Waals surface area contributed by atoms with Crippen LogP contribution in [0.5, 0.6) is 0 Å². The highest BCUT2D eigenvalue weighted by atomic mass is 16.5. The van der Waals surface area contributed by atoms with Gasteiger partial charge in [0.05, 0.1) is 19.6 Å². The van der Waals surface area contributed by atoms with Crippen LogP contribution >= 0.6 is 0 Å². The summed E-state index contributed by atoms with van der Waals surface area (Å²) in [4.78, 5) is 29.9. The fourth-order valence-corrected chi connectivity index (χ4v) is 1.47. The third-order valence-electron chi connectivity index (χ3n) is 2.37. The molecule has 6 nitrogen and oxygen atoms in total. The van der Waals surface area contributed by atoms with Crippen molar-refractivity contribution in [3.63, 3.8) is 0 Å². The highest BCUT2D eigenvalue weighted by Crippen LogP contribution is 2.06. The molecule has 0 aliphatic heterocycles. The average Bonchev–Trinajstić information content (AvgIpc) is 2.77. The molecule has 1 amide bonds. The molecular formula is C11H17N3O3. The van der Waals surface area contributed by atoms with Gasteiger partial charge in [-0.05, 0) is 5.92 Å². The molecule has 0 saturated heterocycles. The Hall–Kier alpha value is -1.85. The zero-order chi connectivity index (χ0) is 12.8. The highest BCUT2D eigenvalue weighted by molar-refractivity contribution is 5.88. The Labute approximate surface area is 99.8 Å². The molecule has 94 valence electrons. The van der Waals surface area contributed by atoms with Crippen LogP contribution in [-0.2, 0) is 16.0 Å². The van der Waals surface area contributed by atoms with Gasteiger partial charge in [-0.2, -0.15) is 0 Å². The van der Waals surface area contributed by atoms with Crippen LogP contribution in [0.1, 0.15) is 19.7 Å². The second-order valence-corrected chi connectivity index (χ2v) is 4.04. The van der Waals surface area contributed by atoms with E-state index in [4.69, 9.17) is 0 Å². The summed E-state index contributed by atoms with van der Waals surface area (Å²) in [5.74, 6) is 0.490. The molecule has 0 spiro atoms. The van der Waals surface area contributed by atoms with Gasteiger partial charge in [-0.25, -0.2) is 9.78 Å². The van der Waals surface area contributed by atoms with Crippen LogP contribution in [0.15, 0.2) is 12.4 Å². The van der Waals surface area contributed by atoms with Crippen molar-refractivity contribution in [2.45, 2.75) is 26.3 Å². The van der Waals surface area contributed by atoms with E-state index in [1.165, 1.54) is 7.11 Å². The minimum Gasteiger partial charge on any atom is -0.453 e. The lowest BCUT2D eigenvalue weighted by molar-refractivity contribution is -0.121. The number of Topliss-reactive ketones (excluding diaryl/α,β-unsaturated/α-hetero) is 1. The van der Waals surface area contributed by atoms with Gasteiger partial charge in [-0.1, -0.05) is 13.8 Å². The summed E-state index contributed by atoms with van der Waals surface area (Å²) in [6, 6.07) is -0.562. The van der Waals surface area contributed by atoms with Gasteiger partial charge >= 0.3 is 6.09 Å². The maximum atomic E-state index is 12.0. The van der Waals surface area contributed by atoms with Gasteiger partial charge in [0.15, 0.2) is 5.78 Å². The standard InChI is InChI=1S/C11H17N3O3/c1-7(2)10(14-11(16)17-3)8(15)6-9-12-4-5-13-9/h4-5,7,10H,6H2,1-3H3,(H,12,13)(H,14,16). The number of aromatic nitrogens is 2. The molecule has 1 aromatic heterocycles. The quantitative estimate of drug-likeness (QED) is 0.799. The number of hydrogen-bond donors (Lipinski definition) is 2. The molecule has 6 heteroatoms. The van der Waals surface area contributed by atoms with Gasteiger partial charge in [0.25, 0.3) is 0 Å². The molecule has 1 atom stereocenters. The number of hydrogen-bond acceptors (Lipinski definition) is 4. The third-order valence-corrected chi connectivity index (χ3v) is 2.37. The van der Waals surface area contributed by atoms with E-state index >= 15 is 0 Å². The van der Waals surface area contributed by atoms with Gasteiger partial charge in [0.2, 0.25) is 0 Å². The lowest BCUT2D eigenvalue weighted by Gasteiger charge is -2.19. The van der Waals surface area contributed by atoms with Crippen LogP contribution in [-0.4, -0.2) is 35.0 Å². The fourth-order valence-electron chi connectivity index (χ4n) is 1.47. The number of ketones is 1. The van der Waals surface area contributed by atoms with Crippen LogP contribution < -0.4 is 5.32 Å². The number of carbonyl (C=O) groups is 2. The summed E-state index contributed by atoms with van der Waals surface area (Å²) >= 11 is 0. The molecule has 0 fully saturated rings. The molecule has 1 rings (SSSR count). The zero-order valence-electron chi connectivity index (χ0n) is 10.2. The van der Waals surface area contributed by atoms with Crippen LogP contribution in [0.4, 0.5) is 4.79 Å². The van der Waals surface area contributed by atoms with Gasteiger partial charge in [-0.15, -0.1) is 0 Å². The minimum absolute atomic E-state index is 0.00318. The van der Waals surface area contributed by atoms with Crippen LogP contribution in [0.2, 0.25) is 0 Å². The summed E-state index contributed by atoms with van der Waals surface area (Å²) in [6.45, 7) is 3.72. The lowest BCUT2D eigenvalue weighted by atomic mass is 9.98. The molecule has 0 aliphatic carbocycles. The van der Waals surface area contributed by atoms with E-state index in [0.717, 1.165) is 0 Å². The monoisotopic (exact) mass is 239 g/mol. The van der Waals surface area contributed by atoms with Crippen molar-refractivity contribution in [1.82, 2.24) is 15.3 Å².